The van der Waals surface area contributed by atoms with Gasteiger partial charge in [0.15, 0.2) is 0 Å². The number of hydrogen-bond acceptors (Lipinski definition) is 4. The van der Waals surface area contributed by atoms with Gasteiger partial charge in [-0.05, 0) is 53.9 Å². The molecule has 1 heterocycles. The van der Waals surface area contributed by atoms with Crippen molar-refractivity contribution in [3.63, 3.8) is 0 Å². The molecule has 0 unspecified atom stereocenters. The number of carbonyl (C=O) groups excluding carboxylic acids is 1. The summed E-state index contributed by atoms with van der Waals surface area (Å²) in [5.41, 5.74) is 3.74. The van der Waals surface area contributed by atoms with Crippen LogP contribution in [-0.4, -0.2) is 28.9 Å². The Morgan fingerprint density at radius 1 is 1.00 bits per heavy atom. The maximum Gasteiger partial charge on any atom is 0.248 e. The molecule has 1 aromatic heterocycles. The van der Waals surface area contributed by atoms with E-state index in [2.05, 4.69) is 62.0 Å². The molecule has 0 bridgehead atoms. The third kappa shape index (κ3) is 7.03. The fourth-order valence-electron chi connectivity index (χ4n) is 3.63. The zero-order valence-corrected chi connectivity index (χ0v) is 20.8. The molecule has 1 N–H and O–H groups in total. The van der Waals surface area contributed by atoms with Crippen LogP contribution in [0.2, 0.25) is 0 Å². The van der Waals surface area contributed by atoms with Crippen LogP contribution in [0, 0.1) is 0 Å². The molecule has 2 aromatic carbocycles. The number of pyridine rings is 1. The Bertz CT molecular complexity index is 1110. The van der Waals surface area contributed by atoms with E-state index in [0.29, 0.717) is 11.6 Å². The Morgan fingerprint density at radius 3 is 2.38 bits per heavy atom. The van der Waals surface area contributed by atoms with Gasteiger partial charge in [-0.1, -0.05) is 77.1 Å². The number of nitrogens with zero attached hydrogens (tertiary/aromatic N) is 2. The summed E-state index contributed by atoms with van der Waals surface area (Å²) < 4.78 is 6.14. The van der Waals surface area contributed by atoms with Gasteiger partial charge in [-0.2, -0.15) is 0 Å². The Hall–Kier alpha value is -3.44. The fraction of sp³-hybridized carbons (Fsp3) is 0.310. The second-order valence-corrected chi connectivity index (χ2v) is 9.23. The van der Waals surface area contributed by atoms with Crippen molar-refractivity contribution in [2.75, 3.05) is 18.4 Å². The highest BCUT2D eigenvalue weighted by atomic mass is 16.5. The third-order valence-corrected chi connectivity index (χ3v) is 5.64. The lowest BCUT2D eigenvalue weighted by atomic mass is 9.86. The van der Waals surface area contributed by atoms with E-state index in [4.69, 9.17) is 4.74 Å². The highest BCUT2D eigenvalue weighted by Crippen LogP contribution is 2.35. The van der Waals surface area contributed by atoms with E-state index in [1.165, 1.54) is 11.6 Å². The molecule has 0 saturated carbocycles. The zero-order chi connectivity index (χ0) is 24.6. The molecule has 0 aliphatic carbocycles. The van der Waals surface area contributed by atoms with E-state index in [-0.39, 0.29) is 11.3 Å². The highest BCUT2D eigenvalue weighted by molar-refractivity contribution is 6.02. The molecule has 5 heteroatoms. The van der Waals surface area contributed by atoms with Crippen LogP contribution in [0.3, 0.4) is 0 Å². The van der Waals surface area contributed by atoms with Gasteiger partial charge < -0.3 is 10.1 Å². The van der Waals surface area contributed by atoms with Crippen molar-refractivity contribution in [3.8, 4) is 11.6 Å². The average molecular weight is 458 g/mol. The highest BCUT2D eigenvalue weighted by Gasteiger charge is 2.20. The first-order chi connectivity index (χ1) is 16.3. The summed E-state index contributed by atoms with van der Waals surface area (Å²) in [6, 6.07) is 19.7. The van der Waals surface area contributed by atoms with Crippen molar-refractivity contribution in [2.24, 2.45) is 0 Å². The molecule has 3 aromatic rings. The molecule has 178 valence electrons. The van der Waals surface area contributed by atoms with E-state index in [0.717, 1.165) is 36.5 Å². The lowest BCUT2D eigenvalue weighted by Crippen LogP contribution is -2.21. The van der Waals surface area contributed by atoms with Crippen molar-refractivity contribution in [2.45, 2.75) is 46.6 Å². The number of ether oxygens (including phenoxy) is 1. The average Bonchev–Trinajstić information content (AvgIpc) is 2.83. The second-order valence-electron chi connectivity index (χ2n) is 9.23. The maximum absolute atomic E-state index is 12.6. The number of aromatic nitrogens is 1. The summed E-state index contributed by atoms with van der Waals surface area (Å²) in [5.74, 6) is 0.848. The minimum Gasteiger partial charge on any atom is -0.437 e. The molecule has 0 fully saturated rings. The quantitative estimate of drug-likeness (QED) is 0.365. The summed E-state index contributed by atoms with van der Waals surface area (Å²) in [7, 11) is 0. The minimum absolute atomic E-state index is 0.0849. The van der Waals surface area contributed by atoms with Crippen LogP contribution in [-0.2, 0) is 16.8 Å². The normalized spacial score (nSPS) is 11.7. The number of amides is 1. The molecule has 0 atom stereocenters. The molecule has 0 radical (unpaired) electrons. The van der Waals surface area contributed by atoms with Crippen molar-refractivity contribution in [1.82, 2.24) is 9.88 Å². The van der Waals surface area contributed by atoms with Crippen LogP contribution >= 0.6 is 0 Å². The summed E-state index contributed by atoms with van der Waals surface area (Å²) in [6.45, 7) is 13.7. The molecule has 0 saturated heterocycles. The Balaban J connectivity index is 1.68. The van der Waals surface area contributed by atoms with Crippen LogP contribution in [0.15, 0.2) is 72.9 Å². The molecular weight excluding hydrogens is 422 g/mol. The van der Waals surface area contributed by atoms with Gasteiger partial charge in [0.2, 0.25) is 11.8 Å². The number of rotatable bonds is 9. The number of anilines is 1. The first-order valence-electron chi connectivity index (χ1n) is 11.8. The van der Waals surface area contributed by atoms with Gasteiger partial charge in [0.25, 0.3) is 0 Å². The first kappa shape index (κ1) is 25.2. The Morgan fingerprint density at radius 2 is 1.71 bits per heavy atom. The largest absolute Gasteiger partial charge is 0.437 e. The van der Waals surface area contributed by atoms with Gasteiger partial charge in [-0.3, -0.25) is 9.69 Å². The summed E-state index contributed by atoms with van der Waals surface area (Å²) in [4.78, 5) is 19.3. The van der Waals surface area contributed by atoms with Gasteiger partial charge in [-0.25, -0.2) is 4.98 Å². The topological polar surface area (TPSA) is 54.5 Å². The monoisotopic (exact) mass is 457 g/mol. The first-order valence-corrected chi connectivity index (χ1v) is 11.8. The molecular formula is C29H35N3O2. The number of benzene rings is 2. The molecule has 0 spiro atoms. The SMILES string of the molecule is CCN(CC)Cc1ccc(C=CC(=O)Nc2cccnc2Oc2ccccc2C(C)(C)C)cc1. The predicted molar refractivity (Wildman–Crippen MR) is 140 cm³/mol. The number of para-hydroxylation sites is 1. The van der Waals surface area contributed by atoms with Gasteiger partial charge in [0, 0.05) is 24.4 Å². The van der Waals surface area contributed by atoms with E-state index in [1.807, 2.05) is 42.5 Å². The van der Waals surface area contributed by atoms with Crippen molar-refractivity contribution in [1.29, 1.82) is 0 Å². The lowest BCUT2D eigenvalue weighted by molar-refractivity contribution is -0.111. The van der Waals surface area contributed by atoms with Crippen LogP contribution in [0.5, 0.6) is 11.6 Å². The zero-order valence-electron chi connectivity index (χ0n) is 20.8. The van der Waals surface area contributed by atoms with Gasteiger partial charge in [0.05, 0.1) is 0 Å². The van der Waals surface area contributed by atoms with E-state index in [9.17, 15) is 4.79 Å². The Kier molecular flexibility index (Phi) is 8.61. The minimum atomic E-state index is -0.242. The second kappa shape index (κ2) is 11.6. The molecule has 5 nitrogen and oxygen atoms in total. The molecule has 34 heavy (non-hydrogen) atoms. The molecule has 1 amide bonds. The lowest BCUT2D eigenvalue weighted by Gasteiger charge is -2.22. The van der Waals surface area contributed by atoms with Crippen LogP contribution in [0.1, 0.15) is 51.3 Å². The standard InChI is InChI=1S/C29H35N3O2/c1-6-32(7-2)21-23-16-14-22(15-17-23)18-19-27(33)31-25-12-10-20-30-28(25)34-26-13-9-8-11-24(26)29(3,4)5/h8-20H,6-7,21H2,1-5H3,(H,31,33). The van der Waals surface area contributed by atoms with Gasteiger partial charge >= 0.3 is 0 Å². The van der Waals surface area contributed by atoms with E-state index >= 15 is 0 Å². The third-order valence-electron chi connectivity index (χ3n) is 5.64. The number of nitrogens with one attached hydrogen (secondary N) is 1. The molecule has 0 aliphatic rings. The van der Waals surface area contributed by atoms with Crippen LogP contribution in [0.4, 0.5) is 5.69 Å². The predicted octanol–water partition coefficient (Wildman–Crippen LogP) is 6.67. The number of carbonyl (C=O) groups is 1. The van der Waals surface area contributed by atoms with Gasteiger partial charge in [-0.15, -0.1) is 0 Å². The van der Waals surface area contributed by atoms with Crippen molar-refractivity contribution < 1.29 is 9.53 Å². The number of hydrogen-bond donors (Lipinski definition) is 1. The van der Waals surface area contributed by atoms with Crippen LogP contribution < -0.4 is 10.1 Å². The molecule has 3 rings (SSSR count). The van der Waals surface area contributed by atoms with Crippen molar-refractivity contribution >= 4 is 17.7 Å². The summed E-state index contributed by atoms with van der Waals surface area (Å²) >= 11 is 0. The summed E-state index contributed by atoms with van der Waals surface area (Å²) in [5, 5.41) is 2.89. The van der Waals surface area contributed by atoms with E-state index < -0.39 is 0 Å². The summed E-state index contributed by atoms with van der Waals surface area (Å²) in [6.07, 6.45) is 4.99. The smallest absolute Gasteiger partial charge is 0.248 e. The maximum atomic E-state index is 12.6. The van der Waals surface area contributed by atoms with Gasteiger partial charge in [0.1, 0.15) is 11.4 Å². The van der Waals surface area contributed by atoms with E-state index in [1.54, 1.807) is 18.3 Å². The van der Waals surface area contributed by atoms with Crippen molar-refractivity contribution in [3.05, 3.63) is 89.6 Å². The molecule has 0 aliphatic heterocycles. The Labute approximate surface area is 203 Å². The van der Waals surface area contributed by atoms with Crippen LogP contribution in [0.25, 0.3) is 6.08 Å². The fourth-order valence-corrected chi connectivity index (χ4v) is 3.63.